The summed E-state index contributed by atoms with van der Waals surface area (Å²) in [5.74, 6) is 1.10. The fourth-order valence-corrected chi connectivity index (χ4v) is 4.70. The van der Waals surface area contributed by atoms with Gasteiger partial charge in [0.05, 0.1) is 4.88 Å². The molecule has 0 fully saturated rings. The van der Waals surface area contributed by atoms with E-state index in [9.17, 15) is 9.59 Å². The minimum Gasteiger partial charge on any atom is -0.303 e. The average Bonchev–Trinajstić information content (AvgIpc) is 3.27. The molecule has 0 radical (unpaired) electrons. The zero-order valence-corrected chi connectivity index (χ0v) is 26.6. The lowest BCUT2D eigenvalue weighted by Crippen LogP contribution is -2.18. The fraction of sp³-hybridized carbons (Fsp3) is 0.515. The summed E-state index contributed by atoms with van der Waals surface area (Å²) in [6, 6.07) is 12.1. The number of carbonyl (C=O) groups excluding carboxylic acids is 2. The molecule has 206 valence electrons. The number of halogens is 1. The normalized spacial score (nSPS) is 13.6. The van der Waals surface area contributed by atoms with Gasteiger partial charge >= 0.3 is 0 Å². The van der Waals surface area contributed by atoms with Crippen molar-refractivity contribution in [3.63, 3.8) is 0 Å². The Balaban J connectivity index is 0.000000657. The first-order chi connectivity index (χ1) is 17.7. The van der Waals surface area contributed by atoms with E-state index in [0.717, 1.165) is 40.8 Å². The molecule has 0 spiro atoms. The quantitative estimate of drug-likeness (QED) is 0.238. The monoisotopic (exact) mass is 588 g/mol. The lowest BCUT2D eigenvalue weighted by molar-refractivity contribution is -0.107. The molecule has 1 aromatic heterocycles. The standard InChI is InChI=1S/C19H26OS.C6H5Br.C4H8O.C4H10/c1-4-6-11-18-16(13-19(21-18)17(20)5-2)12-15-10-8-7-9-14(15)3;7-6-4-2-1-3-5-6;1-2-3-4-5;1-4(2)3/h11-13H,4-10H2,1-3H3;1-5H;4H,2-3H2,1H3;4H,1-3H3/b16-12-,18-11-;;;. The van der Waals surface area contributed by atoms with E-state index in [-0.39, 0.29) is 5.78 Å². The topological polar surface area (TPSA) is 34.1 Å². The summed E-state index contributed by atoms with van der Waals surface area (Å²) in [6.07, 6.45) is 15.1. The third-order valence-corrected chi connectivity index (χ3v) is 6.99. The molecule has 1 aromatic carbocycles. The first-order valence-electron chi connectivity index (χ1n) is 13.9. The third-order valence-electron chi connectivity index (χ3n) is 5.27. The van der Waals surface area contributed by atoms with Crippen LogP contribution in [-0.4, -0.2) is 12.1 Å². The Labute approximate surface area is 239 Å². The maximum atomic E-state index is 12.0. The van der Waals surface area contributed by atoms with Crippen LogP contribution in [0.1, 0.15) is 116 Å². The van der Waals surface area contributed by atoms with E-state index in [4.69, 9.17) is 0 Å². The number of ketones is 1. The van der Waals surface area contributed by atoms with E-state index >= 15 is 0 Å². The molecule has 2 aromatic rings. The number of hydrogen-bond acceptors (Lipinski definition) is 3. The van der Waals surface area contributed by atoms with Gasteiger partial charge < -0.3 is 4.79 Å². The minimum atomic E-state index is 0.264. The molecular weight excluding hydrogens is 540 g/mol. The van der Waals surface area contributed by atoms with Crippen LogP contribution in [0.15, 0.2) is 52.0 Å². The van der Waals surface area contributed by atoms with Crippen LogP contribution in [0.3, 0.4) is 0 Å². The number of unbranched alkanes of at least 4 members (excludes halogenated alkanes) is 2. The van der Waals surface area contributed by atoms with Gasteiger partial charge in [-0.05, 0) is 80.4 Å². The summed E-state index contributed by atoms with van der Waals surface area (Å²) in [4.78, 5) is 22.3. The molecule has 37 heavy (non-hydrogen) atoms. The van der Waals surface area contributed by atoms with Gasteiger partial charge in [0.1, 0.15) is 6.29 Å². The van der Waals surface area contributed by atoms with Crippen molar-refractivity contribution in [3.8, 4) is 0 Å². The lowest BCUT2D eigenvalue weighted by atomic mass is 9.92. The summed E-state index contributed by atoms with van der Waals surface area (Å²) >= 11 is 4.97. The summed E-state index contributed by atoms with van der Waals surface area (Å²) in [5.41, 5.74) is 3.01. The highest BCUT2D eigenvalue weighted by Gasteiger charge is 2.09. The molecule has 1 aliphatic rings. The Hall–Kier alpha value is -1.78. The summed E-state index contributed by atoms with van der Waals surface area (Å²) in [5, 5.41) is 1.25. The second-order valence-corrected chi connectivity index (χ2v) is 11.8. The van der Waals surface area contributed by atoms with Crippen molar-refractivity contribution in [1.29, 1.82) is 0 Å². The highest BCUT2D eigenvalue weighted by atomic mass is 79.9. The summed E-state index contributed by atoms with van der Waals surface area (Å²) < 4.78 is 2.41. The Morgan fingerprint density at radius 1 is 1.00 bits per heavy atom. The molecule has 0 aliphatic heterocycles. The number of thiophene rings is 1. The van der Waals surface area contributed by atoms with Crippen molar-refractivity contribution < 1.29 is 9.59 Å². The number of carbonyl (C=O) groups is 2. The average molecular weight is 590 g/mol. The molecule has 0 N–H and O–H groups in total. The molecule has 0 saturated carbocycles. The van der Waals surface area contributed by atoms with Crippen LogP contribution in [0.2, 0.25) is 0 Å². The molecule has 4 heteroatoms. The number of allylic oxidation sites excluding steroid dienone is 2. The van der Waals surface area contributed by atoms with E-state index in [1.807, 2.05) is 44.2 Å². The molecule has 0 unspecified atom stereocenters. The van der Waals surface area contributed by atoms with Crippen molar-refractivity contribution in [1.82, 2.24) is 0 Å². The first kappa shape index (κ1) is 35.2. The maximum absolute atomic E-state index is 12.0. The van der Waals surface area contributed by atoms with Crippen molar-refractivity contribution in [3.05, 3.63) is 66.6 Å². The van der Waals surface area contributed by atoms with Crippen molar-refractivity contribution >= 4 is 51.5 Å². The van der Waals surface area contributed by atoms with Crippen LogP contribution in [0, 0.1) is 5.92 Å². The number of hydrogen-bond donors (Lipinski definition) is 0. The molecule has 2 nitrogen and oxygen atoms in total. The zero-order chi connectivity index (χ0) is 28.1. The van der Waals surface area contributed by atoms with Gasteiger partial charge in [0.15, 0.2) is 5.78 Å². The van der Waals surface area contributed by atoms with E-state index in [2.05, 4.69) is 68.8 Å². The van der Waals surface area contributed by atoms with Gasteiger partial charge in [-0.15, -0.1) is 11.3 Å². The van der Waals surface area contributed by atoms with Crippen LogP contribution in [0.5, 0.6) is 0 Å². The SMILES string of the molecule is Brc1ccccc1.CC(C)C.CCC/C=c1\sc(C(=O)CC)c\c1=C\C1=C(C)CCCC1.CCCC=O. The Morgan fingerprint density at radius 3 is 2.03 bits per heavy atom. The van der Waals surface area contributed by atoms with Crippen LogP contribution < -0.4 is 9.75 Å². The van der Waals surface area contributed by atoms with Gasteiger partial charge in [-0.2, -0.15) is 0 Å². The number of benzene rings is 1. The van der Waals surface area contributed by atoms with Gasteiger partial charge in [-0.3, -0.25) is 4.79 Å². The largest absolute Gasteiger partial charge is 0.303 e. The van der Waals surface area contributed by atoms with E-state index in [1.54, 1.807) is 11.3 Å². The summed E-state index contributed by atoms with van der Waals surface area (Å²) in [6.45, 7) is 14.9. The maximum Gasteiger partial charge on any atom is 0.172 e. The molecule has 1 heterocycles. The molecular formula is C33H49BrO2S. The van der Waals surface area contributed by atoms with E-state index in [0.29, 0.717) is 12.8 Å². The Kier molecular flexibility index (Phi) is 21.2. The summed E-state index contributed by atoms with van der Waals surface area (Å²) in [7, 11) is 0. The molecule has 0 amide bonds. The molecule has 0 saturated heterocycles. The van der Waals surface area contributed by atoms with Crippen LogP contribution in [0.4, 0.5) is 0 Å². The van der Waals surface area contributed by atoms with Gasteiger partial charge in [0.25, 0.3) is 0 Å². The fourth-order valence-electron chi connectivity index (χ4n) is 3.27. The highest BCUT2D eigenvalue weighted by molar-refractivity contribution is 9.10. The molecule has 0 atom stereocenters. The van der Waals surface area contributed by atoms with Gasteiger partial charge in [0.2, 0.25) is 0 Å². The molecule has 1 aliphatic carbocycles. The third kappa shape index (κ3) is 17.4. The number of aldehydes is 1. The predicted molar refractivity (Wildman–Crippen MR) is 169 cm³/mol. The molecule has 0 bridgehead atoms. The second-order valence-electron chi connectivity index (χ2n) is 9.84. The second kappa shape index (κ2) is 22.2. The number of rotatable bonds is 7. The molecule has 3 rings (SSSR count). The highest BCUT2D eigenvalue weighted by Crippen LogP contribution is 2.25. The first-order valence-corrected chi connectivity index (χ1v) is 15.5. The van der Waals surface area contributed by atoms with E-state index < -0.39 is 0 Å². The van der Waals surface area contributed by atoms with Gasteiger partial charge in [-0.25, -0.2) is 0 Å². The van der Waals surface area contributed by atoms with Crippen LogP contribution in [-0.2, 0) is 4.79 Å². The smallest absolute Gasteiger partial charge is 0.172 e. The van der Waals surface area contributed by atoms with Crippen LogP contribution in [0.25, 0.3) is 12.2 Å². The van der Waals surface area contributed by atoms with Crippen molar-refractivity contribution in [2.75, 3.05) is 0 Å². The number of Topliss-reactive ketones (excluding diaryl/α,β-unsaturated/α-hetero) is 1. The van der Waals surface area contributed by atoms with Crippen molar-refractivity contribution in [2.45, 2.75) is 106 Å². The minimum absolute atomic E-state index is 0.264. The Bertz CT molecular complexity index is 1030. The van der Waals surface area contributed by atoms with Crippen molar-refractivity contribution in [2.24, 2.45) is 5.92 Å². The lowest BCUT2D eigenvalue weighted by Gasteiger charge is -2.14. The van der Waals surface area contributed by atoms with Crippen LogP contribution >= 0.6 is 27.3 Å². The van der Waals surface area contributed by atoms with Gasteiger partial charge in [0, 0.05) is 21.8 Å². The predicted octanol–water partition coefficient (Wildman–Crippen LogP) is 9.69. The van der Waals surface area contributed by atoms with Gasteiger partial charge in [-0.1, -0.05) is 99.8 Å². The van der Waals surface area contributed by atoms with E-state index in [1.165, 1.54) is 46.6 Å². The zero-order valence-electron chi connectivity index (χ0n) is 24.2. The Morgan fingerprint density at radius 2 is 1.59 bits per heavy atom.